The molecule has 0 spiro atoms. The lowest BCUT2D eigenvalue weighted by atomic mass is 9.97. The van der Waals surface area contributed by atoms with Gasteiger partial charge in [-0.3, -0.25) is 4.79 Å². The summed E-state index contributed by atoms with van der Waals surface area (Å²) in [6, 6.07) is 8.16. The molecule has 1 fully saturated rings. The van der Waals surface area contributed by atoms with Crippen molar-refractivity contribution in [3.05, 3.63) is 35.4 Å². The second kappa shape index (κ2) is 5.11. The molecule has 0 unspecified atom stereocenters. The third kappa shape index (κ3) is 2.27. The molecule has 0 radical (unpaired) electrons. The van der Waals surface area contributed by atoms with Gasteiger partial charge in [0.1, 0.15) is 0 Å². The summed E-state index contributed by atoms with van der Waals surface area (Å²) in [6.45, 7) is 4.86. The smallest absolute Gasteiger partial charge is 0.312 e. The first-order chi connectivity index (χ1) is 8.63. The van der Waals surface area contributed by atoms with Gasteiger partial charge >= 0.3 is 5.97 Å². The van der Waals surface area contributed by atoms with Crippen molar-refractivity contribution in [2.45, 2.75) is 32.8 Å². The SMILES string of the molecule is CCOC(=O)[C@]1(C)C[C@H]1c1ccccc1COC. The number of carbonyl (C=O) groups excluding carboxylic acids is 1. The Hall–Kier alpha value is -1.35. The fourth-order valence-electron chi connectivity index (χ4n) is 2.50. The van der Waals surface area contributed by atoms with Crippen molar-refractivity contribution in [1.29, 1.82) is 0 Å². The molecule has 0 amide bonds. The number of hydrogen-bond acceptors (Lipinski definition) is 3. The summed E-state index contributed by atoms with van der Waals surface area (Å²) in [6.07, 6.45) is 0.868. The highest BCUT2D eigenvalue weighted by Crippen LogP contribution is 2.60. The van der Waals surface area contributed by atoms with Gasteiger partial charge in [0.05, 0.1) is 18.6 Å². The summed E-state index contributed by atoms with van der Waals surface area (Å²) in [7, 11) is 1.69. The van der Waals surface area contributed by atoms with Crippen LogP contribution >= 0.6 is 0 Å². The minimum atomic E-state index is -0.347. The molecular weight excluding hydrogens is 228 g/mol. The quantitative estimate of drug-likeness (QED) is 0.752. The summed E-state index contributed by atoms with van der Waals surface area (Å²) in [4.78, 5) is 11.9. The topological polar surface area (TPSA) is 35.5 Å². The Morgan fingerprint density at radius 3 is 2.83 bits per heavy atom. The van der Waals surface area contributed by atoms with Gasteiger partial charge in [0, 0.05) is 13.0 Å². The summed E-state index contributed by atoms with van der Waals surface area (Å²) < 4.78 is 10.4. The first-order valence-corrected chi connectivity index (χ1v) is 6.37. The van der Waals surface area contributed by atoms with Gasteiger partial charge in [0.2, 0.25) is 0 Å². The zero-order chi connectivity index (χ0) is 13.2. The monoisotopic (exact) mass is 248 g/mol. The Bertz CT molecular complexity index is 441. The van der Waals surface area contributed by atoms with Gasteiger partial charge in [0.25, 0.3) is 0 Å². The highest BCUT2D eigenvalue weighted by Gasteiger charge is 2.58. The van der Waals surface area contributed by atoms with E-state index in [2.05, 4.69) is 12.1 Å². The van der Waals surface area contributed by atoms with E-state index in [0.29, 0.717) is 13.2 Å². The number of benzene rings is 1. The predicted molar refractivity (Wildman–Crippen MR) is 69.3 cm³/mol. The number of methoxy groups -OCH3 is 1. The zero-order valence-corrected chi connectivity index (χ0v) is 11.2. The largest absolute Gasteiger partial charge is 0.466 e. The first kappa shape index (κ1) is 13.1. The van der Waals surface area contributed by atoms with Crippen molar-refractivity contribution in [3.63, 3.8) is 0 Å². The normalized spacial score (nSPS) is 25.8. The van der Waals surface area contributed by atoms with Gasteiger partial charge in [-0.25, -0.2) is 0 Å². The molecule has 0 saturated heterocycles. The van der Waals surface area contributed by atoms with E-state index >= 15 is 0 Å². The molecule has 2 rings (SSSR count). The summed E-state index contributed by atoms with van der Waals surface area (Å²) >= 11 is 0. The van der Waals surface area contributed by atoms with Crippen LogP contribution in [0.15, 0.2) is 24.3 Å². The molecule has 1 aliphatic rings. The summed E-state index contributed by atoms with van der Waals surface area (Å²) in [5, 5.41) is 0. The van der Waals surface area contributed by atoms with Crippen LogP contribution < -0.4 is 0 Å². The molecular formula is C15H20O3. The maximum Gasteiger partial charge on any atom is 0.312 e. The molecule has 0 N–H and O–H groups in total. The number of esters is 1. The molecule has 98 valence electrons. The van der Waals surface area contributed by atoms with Crippen molar-refractivity contribution in [2.24, 2.45) is 5.41 Å². The van der Waals surface area contributed by atoms with E-state index in [1.807, 2.05) is 26.0 Å². The fraction of sp³-hybridized carbons (Fsp3) is 0.533. The molecule has 2 atom stereocenters. The van der Waals surface area contributed by atoms with Crippen molar-refractivity contribution >= 4 is 5.97 Å². The zero-order valence-electron chi connectivity index (χ0n) is 11.2. The second-order valence-electron chi connectivity index (χ2n) is 5.03. The number of hydrogen-bond donors (Lipinski definition) is 0. The van der Waals surface area contributed by atoms with E-state index in [1.165, 1.54) is 5.56 Å². The fourth-order valence-corrected chi connectivity index (χ4v) is 2.50. The van der Waals surface area contributed by atoms with E-state index < -0.39 is 0 Å². The first-order valence-electron chi connectivity index (χ1n) is 6.37. The molecule has 3 heteroatoms. The number of rotatable bonds is 5. The standard InChI is InChI=1S/C15H20O3/c1-4-18-14(16)15(2)9-13(15)12-8-6-5-7-11(12)10-17-3/h5-8,13H,4,9-10H2,1-3H3/t13-,15+/m0/s1. The van der Waals surface area contributed by atoms with E-state index in [4.69, 9.17) is 9.47 Å². The lowest BCUT2D eigenvalue weighted by Gasteiger charge is -2.13. The minimum absolute atomic E-state index is 0.0813. The van der Waals surface area contributed by atoms with Gasteiger partial charge in [-0.2, -0.15) is 0 Å². The van der Waals surface area contributed by atoms with Gasteiger partial charge in [-0.15, -0.1) is 0 Å². The van der Waals surface area contributed by atoms with Crippen molar-refractivity contribution in [2.75, 3.05) is 13.7 Å². The van der Waals surface area contributed by atoms with E-state index in [-0.39, 0.29) is 17.3 Å². The molecule has 0 heterocycles. The molecule has 1 saturated carbocycles. The van der Waals surface area contributed by atoms with Crippen LogP contribution in [0.1, 0.15) is 37.3 Å². The van der Waals surface area contributed by atoms with Crippen LogP contribution in [0.25, 0.3) is 0 Å². The Kier molecular flexibility index (Phi) is 3.71. The average molecular weight is 248 g/mol. The third-order valence-electron chi connectivity index (χ3n) is 3.71. The van der Waals surface area contributed by atoms with E-state index in [0.717, 1.165) is 12.0 Å². The maximum absolute atomic E-state index is 11.9. The van der Waals surface area contributed by atoms with Crippen molar-refractivity contribution in [3.8, 4) is 0 Å². The number of ether oxygens (including phenoxy) is 2. The number of carbonyl (C=O) groups is 1. The van der Waals surface area contributed by atoms with Crippen LogP contribution in [0.5, 0.6) is 0 Å². The summed E-state index contributed by atoms with van der Waals surface area (Å²) in [5.74, 6) is 0.185. The Labute approximate surface area is 108 Å². The summed E-state index contributed by atoms with van der Waals surface area (Å²) in [5.41, 5.74) is 2.03. The van der Waals surface area contributed by atoms with Gasteiger partial charge in [0.15, 0.2) is 0 Å². The minimum Gasteiger partial charge on any atom is -0.466 e. The van der Waals surface area contributed by atoms with Crippen LogP contribution in [0.2, 0.25) is 0 Å². The van der Waals surface area contributed by atoms with Crippen LogP contribution in [-0.2, 0) is 20.9 Å². The van der Waals surface area contributed by atoms with E-state index in [1.54, 1.807) is 7.11 Å². The molecule has 0 aromatic heterocycles. The second-order valence-corrected chi connectivity index (χ2v) is 5.03. The van der Waals surface area contributed by atoms with Crippen molar-refractivity contribution in [1.82, 2.24) is 0 Å². The van der Waals surface area contributed by atoms with E-state index in [9.17, 15) is 4.79 Å². The Morgan fingerprint density at radius 2 is 2.17 bits per heavy atom. The molecule has 0 aliphatic heterocycles. The van der Waals surface area contributed by atoms with Gasteiger partial charge < -0.3 is 9.47 Å². The van der Waals surface area contributed by atoms with Gasteiger partial charge in [-0.1, -0.05) is 24.3 Å². The van der Waals surface area contributed by atoms with Crippen LogP contribution in [0.3, 0.4) is 0 Å². The van der Waals surface area contributed by atoms with Gasteiger partial charge in [-0.05, 0) is 31.4 Å². The lowest BCUT2D eigenvalue weighted by Crippen LogP contribution is -2.17. The van der Waals surface area contributed by atoms with Crippen molar-refractivity contribution < 1.29 is 14.3 Å². The molecule has 3 nitrogen and oxygen atoms in total. The van der Waals surface area contributed by atoms with Crippen LogP contribution in [-0.4, -0.2) is 19.7 Å². The lowest BCUT2D eigenvalue weighted by molar-refractivity contribution is -0.149. The highest BCUT2D eigenvalue weighted by molar-refractivity contribution is 5.82. The average Bonchev–Trinajstić information content (AvgIpc) is 3.04. The molecule has 1 aliphatic carbocycles. The maximum atomic E-state index is 11.9. The van der Waals surface area contributed by atoms with Crippen LogP contribution in [0, 0.1) is 5.41 Å². The molecule has 18 heavy (non-hydrogen) atoms. The molecule has 1 aromatic carbocycles. The molecule has 1 aromatic rings. The third-order valence-corrected chi connectivity index (χ3v) is 3.71. The van der Waals surface area contributed by atoms with Crippen LogP contribution in [0.4, 0.5) is 0 Å². The molecule has 0 bridgehead atoms. The predicted octanol–water partition coefficient (Wildman–Crippen LogP) is 2.89. The Balaban J connectivity index is 2.18. The Morgan fingerprint density at radius 1 is 1.44 bits per heavy atom. The highest BCUT2D eigenvalue weighted by atomic mass is 16.5.